The van der Waals surface area contributed by atoms with Gasteiger partial charge in [-0.3, -0.25) is 9.59 Å². The molecule has 0 fully saturated rings. The standard InChI is InChI=1S/C33H48O2/c1-5-8-10-12-14-16-18-30-24-27(22-26(4)32(30)34)20-21-28-23-29(7-3)33(35)31(25-28)19-17-15-13-11-9-6-2/h20-25H,5-19H2,1-4H3/b27-20-,28-21-. The number of allylic oxidation sites excluding steroid dienone is 12. The fraction of sp³-hybridized carbons (Fsp3) is 0.576. The molecule has 0 aromatic rings. The van der Waals surface area contributed by atoms with Crippen LogP contribution < -0.4 is 0 Å². The summed E-state index contributed by atoms with van der Waals surface area (Å²) in [6, 6.07) is 0. The molecule has 0 radical (unpaired) electrons. The highest BCUT2D eigenvalue weighted by molar-refractivity contribution is 6.10. The monoisotopic (exact) mass is 476 g/mol. The van der Waals surface area contributed by atoms with Gasteiger partial charge in [-0.15, -0.1) is 0 Å². The fourth-order valence-corrected chi connectivity index (χ4v) is 4.87. The van der Waals surface area contributed by atoms with Gasteiger partial charge in [-0.2, -0.15) is 0 Å². The summed E-state index contributed by atoms with van der Waals surface area (Å²) >= 11 is 0. The van der Waals surface area contributed by atoms with Crippen molar-refractivity contribution in [3.05, 3.63) is 69.9 Å². The minimum absolute atomic E-state index is 0.195. The van der Waals surface area contributed by atoms with Crippen molar-refractivity contribution in [3.63, 3.8) is 0 Å². The van der Waals surface area contributed by atoms with Crippen molar-refractivity contribution < 1.29 is 9.59 Å². The van der Waals surface area contributed by atoms with Crippen LogP contribution in [0.2, 0.25) is 0 Å². The van der Waals surface area contributed by atoms with Crippen molar-refractivity contribution in [1.82, 2.24) is 0 Å². The van der Waals surface area contributed by atoms with Gasteiger partial charge in [0.05, 0.1) is 0 Å². The first-order valence-corrected chi connectivity index (χ1v) is 14.3. The van der Waals surface area contributed by atoms with Gasteiger partial charge in [0.2, 0.25) is 0 Å². The Bertz CT molecular complexity index is 901. The number of rotatable bonds is 16. The van der Waals surface area contributed by atoms with Crippen molar-refractivity contribution in [1.29, 1.82) is 0 Å². The van der Waals surface area contributed by atoms with E-state index in [4.69, 9.17) is 0 Å². The van der Waals surface area contributed by atoms with Gasteiger partial charge in [-0.1, -0.05) is 97.1 Å². The Hall–Kier alpha value is -2.22. The molecule has 0 aromatic carbocycles. The van der Waals surface area contributed by atoms with Gasteiger partial charge in [0, 0.05) is 16.7 Å². The number of carbonyl (C=O) groups is 2. The minimum Gasteiger partial charge on any atom is -0.289 e. The predicted molar refractivity (Wildman–Crippen MR) is 150 cm³/mol. The molecular weight excluding hydrogens is 428 g/mol. The van der Waals surface area contributed by atoms with E-state index in [1.165, 1.54) is 64.2 Å². The first-order valence-electron chi connectivity index (χ1n) is 14.3. The molecule has 0 N–H and O–H groups in total. The quantitative estimate of drug-likeness (QED) is 0.208. The summed E-state index contributed by atoms with van der Waals surface area (Å²) in [5, 5.41) is 0. The van der Waals surface area contributed by atoms with E-state index >= 15 is 0 Å². The lowest BCUT2D eigenvalue weighted by Gasteiger charge is -2.15. The van der Waals surface area contributed by atoms with Crippen LogP contribution in [0.1, 0.15) is 124 Å². The van der Waals surface area contributed by atoms with Crippen molar-refractivity contribution in [3.8, 4) is 0 Å². The Morgan fingerprint density at radius 2 is 0.971 bits per heavy atom. The fourth-order valence-electron chi connectivity index (χ4n) is 4.87. The van der Waals surface area contributed by atoms with Gasteiger partial charge in [-0.05, 0) is 80.1 Å². The number of ketones is 2. The van der Waals surface area contributed by atoms with Gasteiger partial charge in [0.1, 0.15) is 0 Å². The Morgan fingerprint density at radius 3 is 1.49 bits per heavy atom. The Balaban J connectivity index is 2.06. The number of Topliss-reactive ketones (excluding diaryl/α,β-unsaturated/α-hetero) is 2. The van der Waals surface area contributed by atoms with E-state index in [9.17, 15) is 9.59 Å². The zero-order valence-electron chi connectivity index (χ0n) is 22.9. The molecule has 2 nitrogen and oxygen atoms in total. The van der Waals surface area contributed by atoms with E-state index in [-0.39, 0.29) is 11.6 Å². The second kappa shape index (κ2) is 16.5. The predicted octanol–water partition coefficient (Wildman–Crippen LogP) is 9.64. The van der Waals surface area contributed by atoms with Crippen molar-refractivity contribution in [2.24, 2.45) is 0 Å². The number of hydrogen-bond acceptors (Lipinski definition) is 2. The summed E-state index contributed by atoms with van der Waals surface area (Å²) in [6.45, 7) is 8.45. The second-order valence-corrected chi connectivity index (χ2v) is 10.2. The molecule has 0 saturated heterocycles. The smallest absolute Gasteiger partial charge is 0.185 e. The van der Waals surface area contributed by atoms with E-state index < -0.39 is 0 Å². The molecule has 192 valence electrons. The van der Waals surface area contributed by atoms with E-state index in [1.54, 1.807) is 0 Å². The van der Waals surface area contributed by atoms with Gasteiger partial charge < -0.3 is 0 Å². The zero-order valence-corrected chi connectivity index (χ0v) is 22.9. The summed E-state index contributed by atoms with van der Waals surface area (Å²) in [4.78, 5) is 25.5. The molecule has 0 saturated carbocycles. The maximum Gasteiger partial charge on any atom is 0.185 e. The first kappa shape index (κ1) is 29.0. The van der Waals surface area contributed by atoms with Crippen LogP contribution in [-0.4, -0.2) is 11.6 Å². The van der Waals surface area contributed by atoms with Crippen molar-refractivity contribution in [2.45, 2.75) is 124 Å². The molecule has 0 bridgehead atoms. The highest BCUT2D eigenvalue weighted by Gasteiger charge is 2.19. The first-order chi connectivity index (χ1) is 17.0. The van der Waals surface area contributed by atoms with Crippen LogP contribution in [0.4, 0.5) is 0 Å². The molecule has 0 aliphatic heterocycles. The lowest BCUT2D eigenvalue weighted by atomic mass is 9.88. The molecular formula is C33H48O2. The zero-order chi connectivity index (χ0) is 25.5. The molecule has 2 aliphatic carbocycles. The summed E-state index contributed by atoms with van der Waals surface area (Å²) < 4.78 is 0. The van der Waals surface area contributed by atoms with Crippen LogP contribution in [0.15, 0.2) is 69.9 Å². The summed E-state index contributed by atoms with van der Waals surface area (Å²) in [6.07, 6.45) is 29.7. The molecule has 0 amide bonds. The lowest BCUT2D eigenvalue weighted by molar-refractivity contribution is -0.113. The SMILES string of the molecule is CCCCCCCCC1=C/C(=C\C=C2\C=C(CC)C(=O)C(CCCCCCCC)=C2)C=C(C)C1=O. The largest absolute Gasteiger partial charge is 0.289 e. The highest BCUT2D eigenvalue weighted by atomic mass is 16.1. The third-order valence-corrected chi connectivity index (χ3v) is 7.09. The molecule has 0 heterocycles. The van der Waals surface area contributed by atoms with Crippen LogP contribution >= 0.6 is 0 Å². The molecule has 2 heteroatoms. The second-order valence-electron chi connectivity index (χ2n) is 10.2. The maximum absolute atomic E-state index is 12.8. The van der Waals surface area contributed by atoms with Crippen LogP contribution in [0, 0.1) is 0 Å². The van der Waals surface area contributed by atoms with E-state index in [0.717, 1.165) is 65.5 Å². The summed E-state index contributed by atoms with van der Waals surface area (Å²) in [5.41, 5.74) is 5.78. The van der Waals surface area contributed by atoms with Gasteiger partial charge in [0.25, 0.3) is 0 Å². The topological polar surface area (TPSA) is 34.1 Å². The summed E-state index contributed by atoms with van der Waals surface area (Å²) in [7, 11) is 0. The Labute approximate surface area is 215 Å². The summed E-state index contributed by atoms with van der Waals surface area (Å²) in [5.74, 6) is 0.423. The Morgan fingerprint density at radius 1 is 0.543 bits per heavy atom. The molecule has 35 heavy (non-hydrogen) atoms. The number of hydrogen-bond donors (Lipinski definition) is 0. The van der Waals surface area contributed by atoms with Crippen LogP contribution in [0.3, 0.4) is 0 Å². The number of carbonyl (C=O) groups excluding carboxylic acids is 2. The van der Waals surface area contributed by atoms with Crippen LogP contribution in [-0.2, 0) is 9.59 Å². The number of unbranched alkanes of at least 4 members (excludes halogenated alkanes) is 10. The molecule has 2 rings (SSSR count). The maximum atomic E-state index is 12.8. The molecule has 0 unspecified atom stereocenters. The van der Waals surface area contributed by atoms with Crippen molar-refractivity contribution >= 4 is 11.6 Å². The molecule has 0 atom stereocenters. The Kier molecular flexibility index (Phi) is 13.6. The lowest BCUT2D eigenvalue weighted by Crippen LogP contribution is -2.11. The van der Waals surface area contributed by atoms with Gasteiger partial charge in [0.15, 0.2) is 11.6 Å². The van der Waals surface area contributed by atoms with Gasteiger partial charge in [-0.25, -0.2) is 0 Å². The van der Waals surface area contributed by atoms with Crippen molar-refractivity contribution in [2.75, 3.05) is 0 Å². The average molecular weight is 477 g/mol. The van der Waals surface area contributed by atoms with Crippen LogP contribution in [0.25, 0.3) is 0 Å². The molecule has 0 spiro atoms. The van der Waals surface area contributed by atoms with E-state index in [0.29, 0.717) is 0 Å². The van der Waals surface area contributed by atoms with Gasteiger partial charge >= 0.3 is 0 Å². The molecule has 0 aromatic heterocycles. The van der Waals surface area contributed by atoms with E-state index in [1.807, 2.05) is 19.1 Å². The van der Waals surface area contributed by atoms with E-state index in [2.05, 4.69) is 45.1 Å². The average Bonchev–Trinajstić information content (AvgIpc) is 2.86. The minimum atomic E-state index is 0.195. The third kappa shape index (κ3) is 10.1. The molecule has 2 aliphatic rings. The normalized spacial score (nSPS) is 18.6. The van der Waals surface area contributed by atoms with Crippen LogP contribution in [0.5, 0.6) is 0 Å². The highest BCUT2D eigenvalue weighted by Crippen LogP contribution is 2.27. The third-order valence-electron chi connectivity index (χ3n) is 7.09.